The monoisotopic (exact) mass is 414 g/mol. The van der Waals surface area contributed by atoms with Gasteiger partial charge in [-0.1, -0.05) is 0 Å². The van der Waals surface area contributed by atoms with Crippen LogP contribution in [-0.4, -0.2) is 32.5 Å². The number of alkyl halides is 1. The van der Waals surface area contributed by atoms with E-state index in [0.717, 1.165) is 17.2 Å². The molecule has 2 aromatic heterocycles. The Morgan fingerprint density at radius 2 is 2.00 bits per heavy atom. The lowest BCUT2D eigenvalue weighted by Crippen LogP contribution is -2.03. The van der Waals surface area contributed by atoms with Gasteiger partial charge in [-0.25, -0.2) is 9.97 Å². The van der Waals surface area contributed by atoms with Crippen molar-refractivity contribution in [3.05, 3.63) is 40.0 Å². The molecule has 0 saturated heterocycles. The minimum absolute atomic E-state index is 0.472. The molecule has 21 heavy (non-hydrogen) atoms. The summed E-state index contributed by atoms with van der Waals surface area (Å²) in [6.45, 7) is 0. The van der Waals surface area contributed by atoms with E-state index in [1.807, 2.05) is 28.8 Å². The van der Waals surface area contributed by atoms with Crippen molar-refractivity contribution in [3.63, 3.8) is 0 Å². The Balaban J connectivity index is 2.28. The first-order valence-corrected chi connectivity index (χ1v) is 7.94. The van der Waals surface area contributed by atoms with E-state index in [2.05, 4.69) is 37.5 Å². The lowest BCUT2D eigenvalue weighted by molar-refractivity contribution is 0.401. The van der Waals surface area contributed by atoms with E-state index >= 15 is 0 Å². The highest BCUT2D eigenvalue weighted by atomic mass is 127. The summed E-state index contributed by atoms with van der Waals surface area (Å²) in [6.07, 6.45) is 2.13. The SMILES string of the molecule is COc1ncnc2c1nc(CCCl)n2-c1ccc(I)cc1. The van der Waals surface area contributed by atoms with Crippen molar-refractivity contribution < 1.29 is 4.74 Å². The van der Waals surface area contributed by atoms with Crippen LogP contribution in [0.5, 0.6) is 5.88 Å². The molecule has 0 radical (unpaired) electrons. The number of hydrogen-bond donors (Lipinski definition) is 0. The third kappa shape index (κ3) is 2.69. The number of benzene rings is 1. The second kappa shape index (κ2) is 6.15. The second-order valence-electron chi connectivity index (χ2n) is 4.33. The van der Waals surface area contributed by atoms with Crippen LogP contribution >= 0.6 is 34.2 Å². The maximum atomic E-state index is 5.90. The topological polar surface area (TPSA) is 52.8 Å². The summed E-state index contributed by atoms with van der Waals surface area (Å²) in [7, 11) is 1.58. The Morgan fingerprint density at radius 3 is 2.67 bits per heavy atom. The number of ether oxygens (including phenoxy) is 1. The average molecular weight is 415 g/mol. The molecule has 0 spiro atoms. The fourth-order valence-electron chi connectivity index (χ4n) is 2.18. The van der Waals surface area contributed by atoms with Gasteiger partial charge >= 0.3 is 0 Å². The van der Waals surface area contributed by atoms with Gasteiger partial charge in [0.2, 0.25) is 5.88 Å². The number of aryl methyl sites for hydroxylation is 1. The lowest BCUT2D eigenvalue weighted by Gasteiger charge is -2.08. The van der Waals surface area contributed by atoms with Crippen molar-refractivity contribution in [2.24, 2.45) is 0 Å². The Kier molecular flexibility index (Phi) is 4.25. The van der Waals surface area contributed by atoms with Crippen LogP contribution in [0.1, 0.15) is 5.82 Å². The van der Waals surface area contributed by atoms with Crippen LogP contribution in [0.3, 0.4) is 0 Å². The Morgan fingerprint density at radius 1 is 1.24 bits per heavy atom. The number of nitrogens with zero attached hydrogens (tertiary/aromatic N) is 4. The van der Waals surface area contributed by atoms with E-state index in [1.165, 1.54) is 9.90 Å². The number of aromatic nitrogens is 4. The van der Waals surface area contributed by atoms with Gasteiger partial charge in [-0.05, 0) is 46.9 Å². The van der Waals surface area contributed by atoms with Gasteiger partial charge < -0.3 is 4.74 Å². The fraction of sp³-hybridized carbons (Fsp3) is 0.214. The van der Waals surface area contributed by atoms with Crippen molar-refractivity contribution in [2.45, 2.75) is 6.42 Å². The van der Waals surface area contributed by atoms with Crippen LogP contribution in [0.15, 0.2) is 30.6 Å². The summed E-state index contributed by atoms with van der Waals surface area (Å²) in [6, 6.07) is 8.17. The highest BCUT2D eigenvalue weighted by Crippen LogP contribution is 2.25. The van der Waals surface area contributed by atoms with Crippen molar-refractivity contribution in [1.29, 1.82) is 0 Å². The number of fused-ring (bicyclic) bond motifs is 1. The van der Waals surface area contributed by atoms with Crippen molar-refractivity contribution in [2.75, 3.05) is 13.0 Å². The fourth-order valence-corrected chi connectivity index (χ4v) is 2.71. The van der Waals surface area contributed by atoms with Crippen LogP contribution in [0, 0.1) is 3.57 Å². The van der Waals surface area contributed by atoms with Gasteiger partial charge in [-0.3, -0.25) is 4.57 Å². The Bertz CT molecular complexity index is 772. The minimum Gasteiger partial charge on any atom is -0.479 e. The van der Waals surface area contributed by atoms with Gasteiger partial charge in [0.25, 0.3) is 0 Å². The molecule has 0 amide bonds. The van der Waals surface area contributed by atoms with Crippen molar-refractivity contribution in [3.8, 4) is 11.6 Å². The van der Waals surface area contributed by atoms with Crippen molar-refractivity contribution >= 4 is 45.4 Å². The number of halogens is 2. The number of hydrogen-bond acceptors (Lipinski definition) is 4. The van der Waals surface area contributed by atoms with Gasteiger partial charge in [0.05, 0.1) is 7.11 Å². The predicted molar refractivity (Wildman–Crippen MR) is 90.4 cm³/mol. The summed E-state index contributed by atoms with van der Waals surface area (Å²) in [5, 5.41) is 0. The average Bonchev–Trinajstić information content (AvgIpc) is 2.86. The standard InChI is InChI=1S/C14H12ClIN4O/c1-21-14-12-13(17-8-18-14)20(11(19-12)6-7-15)10-4-2-9(16)3-5-10/h2-5,8H,6-7H2,1H3. The van der Waals surface area contributed by atoms with Crippen LogP contribution < -0.4 is 4.74 Å². The molecule has 0 fully saturated rings. The minimum atomic E-state index is 0.472. The molecule has 2 heterocycles. The molecule has 0 saturated carbocycles. The summed E-state index contributed by atoms with van der Waals surface area (Å²) in [5.41, 5.74) is 2.38. The molecule has 108 valence electrons. The summed E-state index contributed by atoms with van der Waals surface area (Å²) in [5.74, 6) is 1.81. The molecule has 5 nitrogen and oxygen atoms in total. The molecule has 7 heteroatoms. The van der Waals surface area contributed by atoms with Crippen molar-refractivity contribution in [1.82, 2.24) is 19.5 Å². The molecular formula is C14H12ClIN4O. The molecule has 0 unspecified atom stereocenters. The zero-order chi connectivity index (χ0) is 14.8. The first-order chi connectivity index (χ1) is 10.2. The Hall–Kier alpha value is -1.41. The van der Waals surface area contributed by atoms with Gasteiger partial charge in [-0.2, -0.15) is 4.98 Å². The van der Waals surface area contributed by atoms with E-state index in [4.69, 9.17) is 16.3 Å². The molecule has 1 aromatic carbocycles. The first-order valence-electron chi connectivity index (χ1n) is 6.33. The van der Waals surface area contributed by atoms with Crippen LogP contribution in [-0.2, 0) is 6.42 Å². The predicted octanol–water partition coefficient (Wildman–Crippen LogP) is 3.21. The Labute approximate surface area is 140 Å². The molecule has 0 aliphatic heterocycles. The van der Waals surface area contributed by atoms with E-state index in [1.54, 1.807) is 7.11 Å². The van der Waals surface area contributed by atoms with Gasteiger partial charge in [0, 0.05) is 21.6 Å². The molecule has 0 bridgehead atoms. The number of methoxy groups -OCH3 is 1. The molecule has 3 rings (SSSR count). The molecule has 0 aliphatic rings. The third-order valence-corrected chi connectivity index (χ3v) is 3.98. The number of rotatable bonds is 4. The van der Waals surface area contributed by atoms with Gasteiger partial charge in [0.1, 0.15) is 12.2 Å². The molecular weight excluding hydrogens is 403 g/mol. The van der Waals surface area contributed by atoms with Gasteiger partial charge in [-0.15, -0.1) is 11.6 Å². The quantitative estimate of drug-likeness (QED) is 0.486. The molecule has 0 aliphatic carbocycles. The highest BCUT2D eigenvalue weighted by molar-refractivity contribution is 14.1. The summed E-state index contributed by atoms with van der Waals surface area (Å²) < 4.78 is 8.44. The maximum Gasteiger partial charge on any atom is 0.245 e. The van der Waals surface area contributed by atoms with E-state index in [0.29, 0.717) is 23.7 Å². The van der Waals surface area contributed by atoms with Crippen LogP contribution in [0.2, 0.25) is 0 Å². The summed E-state index contributed by atoms with van der Waals surface area (Å²) >= 11 is 8.18. The smallest absolute Gasteiger partial charge is 0.245 e. The maximum absolute atomic E-state index is 5.90. The number of imidazole rings is 1. The second-order valence-corrected chi connectivity index (χ2v) is 5.96. The molecule has 3 aromatic rings. The van der Waals surface area contributed by atoms with Gasteiger partial charge in [0.15, 0.2) is 11.2 Å². The largest absolute Gasteiger partial charge is 0.479 e. The first kappa shape index (κ1) is 14.5. The third-order valence-electron chi connectivity index (χ3n) is 3.08. The van der Waals surface area contributed by atoms with E-state index < -0.39 is 0 Å². The van der Waals surface area contributed by atoms with E-state index in [-0.39, 0.29) is 0 Å². The lowest BCUT2D eigenvalue weighted by atomic mass is 10.3. The summed E-state index contributed by atoms with van der Waals surface area (Å²) in [4.78, 5) is 13.1. The zero-order valence-electron chi connectivity index (χ0n) is 11.3. The molecule has 0 N–H and O–H groups in total. The van der Waals surface area contributed by atoms with E-state index in [9.17, 15) is 0 Å². The molecule has 0 atom stereocenters. The van der Waals surface area contributed by atoms with Crippen LogP contribution in [0.25, 0.3) is 16.9 Å². The normalized spacial score (nSPS) is 11.0. The zero-order valence-corrected chi connectivity index (χ0v) is 14.2. The highest BCUT2D eigenvalue weighted by Gasteiger charge is 2.17. The van der Waals surface area contributed by atoms with Crippen LogP contribution in [0.4, 0.5) is 0 Å².